The first-order valence-electron chi connectivity index (χ1n) is 7.34. The average Bonchev–Trinajstić information content (AvgIpc) is 2.62. The number of hydrogen-bond donors (Lipinski definition) is 3. The molecule has 3 rings (SSSR count). The molecular formula is C17H13F2N3O3. The SMILES string of the molecule is O=C(c1ccc2ncc(NCCO)nc2c1)c1c(F)ccc(O)c1F. The number of benzene rings is 2. The molecule has 8 heteroatoms. The van der Waals surface area contributed by atoms with Crippen LogP contribution in [0.5, 0.6) is 5.75 Å². The number of aliphatic hydroxyl groups is 1. The fraction of sp³-hybridized carbons (Fsp3) is 0.118. The number of halogens is 2. The van der Waals surface area contributed by atoms with E-state index >= 15 is 0 Å². The molecule has 3 N–H and O–H groups in total. The lowest BCUT2D eigenvalue weighted by Gasteiger charge is -2.08. The summed E-state index contributed by atoms with van der Waals surface area (Å²) in [5.41, 5.74) is 0.00379. The lowest BCUT2D eigenvalue weighted by atomic mass is 10.0. The van der Waals surface area contributed by atoms with Crippen molar-refractivity contribution in [2.24, 2.45) is 0 Å². The first-order chi connectivity index (χ1) is 12.0. The molecule has 0 fully saturated rings. The molecule has 0 saturated carbocycles. The van der Waals surface area contributed by atoms with Gasteiger partial charge in [0.05, 0.1) is 29.4 Å². The Hall–Kier alpha value is -3.13. The largest absolute Gasteiger partial charge is 0.505 e. The van der Waals surface area contributed by atoms with E-state index in [4.69, 9.17) is 5.11 Å². The van der Waals surface area contributed by atoms with Gasteiger partial charge in [0.2, 0.25) is 0 Å². The van der Waals surface area contributed by atoms with Gasteiger partial charge in [0.25, 0.3) is 0 Å². The van der Waals surface area contributed by atoms with E-state index < -0.39 is 28.7 Å². The summed E-state index contributed by atoms with van der Waals surface area (Å²) in [7, 11) is 0. The molecule has 2 aromatic carbocycles. The van der Waals surface area contributed by atoms with Crippen molar-refractivity contribution in [2.75, 3.05) is 18.5 Å². The summed E-state index contributed by atoms with van der Waals surface area (Å²) in [6.07, 6.45) is 1.47. The monoisotopic (exact) mass is 345 g/mol. The molecular weight excluding hydrogens is 332 g/mol. The van der Waals surface area contributed by atoms with Crippen LogP contribution in [0, 0.1) is 11.6 Å². The highest BCUT2D eigenvalue weighted by Gasteiger charge is 2.22. The Bertz CT molecular complexity index is 963. The highest BCUT2D eigenvalue weighted by Crippen LogP contribution is 2.25. The molecule has 1 heterocycles. The third-order valence-electron chi connectivity index (χ3n) is 3.52. The third-order valence-corrected chi connectivity index (χ3v) is 3.52. The van der Waals surface area contributed by atoms with Crippen molar-refractivity contribution in [3.8, 4) is 5.75 Å². The molecule has 3 aromatic rings. The molecule has 128 valence electrons. The number of rotatable bonds is 5. The molecule has 0 aliphatic heterocycles. The second kappa shape index (κ2) is 6.78. The summed E-state index contributed by atoms with van der Waals surface area (Å²) in [6.45, 7) is 0.187. The van der Waals surface area contributed by atoms with Crippen LogP contribution in [0.1, 0.15) is 15.9 Å². The smallest absolute Gasteiger partial charge is 0.199 e. The van der Waals surface area contributed by atoms with Crippen molar-refractivity contribution in [2.45, 2.75) is 0 Å². The molecule has 0 bridgehead atoms. The van der Waals surface area contributed by atoms with E-state index in [2.05, 4.69) is 15.3 Å². The molecule has 6 nitrogen and oxygen atoms in total. The summed E-state index contributed by atoms with van der Waals surface area (Å²) in [6, 6.07) is 5.90. The number of ketones is 1. The summed E-state index contributed by atoms with van der Waals surface area (Å²) >= 11 is 0. The number of nitrogens with zero attached hydrogens (tertiary/aromatic N) is 2. The lowest BCUT2D eigenvalue weighted by molar-refractivity contribution is 0.103. The predicted molar refractivity (Wildman–Crippen MR) is 86.6 cm³/mol. The number of phenolic OH excluding ortho intramolecular Hbond substituents is 1. The number of hydrogen-bond acceptors (Lipinski definition) is 6. The Morgan fingerprint density at radius 3 is 2.72 bits per heavy atom. The molecule has 0 aliphatic carbocycles. The predicted octanol–water partition coefficient (Wildman–Crippen LogP) is 2.25. The van der Waals surface area contributed by atoms with Crippen LogP contribution in [0.3, 0.4) is 0 Å². The van der Waals surface area contributed by atoms with Crippen LogP contribution < -0.4 is 5.32 Å². The van der Waals surface area contributed by atoms with Gasteiger partial charge in [-0.05, 0) is 30.3 Å². The molecule has 0 atom stereocenters. The minimum Gasteiger partial charge on any atom is -0.505 e. The van der Waals surface area contributed by atoms with Gasteiger partial charge in [-0.15, -0.1) is 0 Å². The normalized spacial score (nSPS) is 10.8. The standard InChI is InChI=1S/C17H13F2N3O3/c18-10-2-4-13(24)16(19)15(10)17(25)9-1-3-11-12(7-9)22-14(8-21-11)20-5-6-23/h1-4,7-8,23-24H,5-6H2,(H,20,22). The molecule has 1 aromatic heterocycles. The van der Waals surface area contributed by atoms with Crippen molar-refractivity contribution in [3.05, 3.63) is 59.3 Å². The highest BCUT2D eigenvalue weighted by atomic mass is 19.1. The Morgan fingerprint density at radius 2 is 1.96 bits per heavy atom. The zero-order valence-electron chi connectivity index (χ0n) is 12.8. The van der Waals surface area contributed by atoms with Crippen molar-refractivity contribution >= 4 is 22.6 Å². The maximum atomic E-state index is 13.9. The van der Waals surface area contributed by atoms with E-state index in [1.165, 1.54) is 24.4 Å². The van der Waals surface area contributed by atoms with E-state index in [0.717, 1.165) is 12.1 Å². The van der Waals surface area contributed by atoms with Crippen LogP contribution in [-0.4, -0.2) is 39.1 Å². The van der Waals surface area contributed by atoms with Crippen LogP contribution in [0.4, 0.5) is 14.6 Å². The van der Waals surface area contributed by atoms with Gasteiger partial charge in [0, 0.05) is 12.1 Å². The van der Waals surface area contributed by atoms with Crippen LogP contribution in [0.25, 0.3) is 11.0 Å². The summed E-state index contributed by atoms with van der Waals surface area (Å²) < 4.78 is 27.8. The number of aromatic hydroxyl groups is 1. The number of nitrogens with one attached hydrogen (secondary N) is 1. The van der Waals surface area contributed by atoms with Crippen molar-refractivity contribution < 1.29 is 23.8 Å². The first kappa shape index (κ1) is 16.7. The van der Waals surface area contributed by atoms with Crippen molar-refractivity contribution in [1.29, 1.82) is 0 Å². The second-order valence-electron chi connectivity index (χ2n) is 5.19. The van der Waals surface area contributed by atoms with Crippen LogP contribution >= 0.6 is 0 Å². The van der Waals surface area contributed by atoms with E-state index in [0.29, 0.717) is 16.9 Å². The number of phenols is 1. The topological polar surface area (TPSA) is 95.3 Å². The molecule has 0 unspecified atom stereocenters. The third kappa shape index (κ3) is 3.24. The Labute approximate surface area is 140 Å². The average molecular weight is 345 g/mol. The Balaban J connectivity index is 2.03. The summed E-state index contributed by atoms with van der Waals surface area (Å²) in [4.78, 5) is 20.8. The maximum Gasteiger partial charge on any atom is 0.199 e. The minimum atomic E-state index is -1.31. The number of carbonyl (C=O) groups is 1. The molecule has 0 amide bonds. The van der Waals surface area contributed by atoms with Gasteiger partial charge >= 0.3 is 0 Å². The molecule has 25 heavy (non-hydrogen) atoms. The van der Waals surface area contributed by atoms with Gasteiger partial charge in [-0.2, -0.15) is 0 Å². The van der Waals surface area contributed by atoms with Gasteiger partial charge in [-0.25, -0.2) is 13.8 Å². The van der Waals surface area contributed by atoms with Gasteiger partial charge < -0.3 is 15.5 Å². The highest BCUT2D eigenvalue weighted by molar-refractivity contribution is 6.10. The van der Waals surface area contributed by atoms with Crippen LogP contribution in [0.15, 0.2) is 36.5 Å². The molecule has 0 spiro atoms. The first-order valence-corrected chi connectivity index (χ1v) is 7.34. The summed E-state index contributed by atoms with van der Waals surface area (Å²) in [5, 5.41) is 21.0. The van der Waals surface area contributed by atoms with Gasteiger partial charge in [0.15, 0.2) is 17.3 Å². The van der Waals surface area contributed by atoms with E-state index in [1.807, 2.05) is 0 Å². The van der Waals surface area contributed by atoms with E-state index in [9.17, 15) is 18.7 Å². The van der Waals surface area contributed by atoms with Crippen LogP contribution in [0.2, 0.25) is 0 Å². The number of carbonyl (C=O) groups excluding carboxylic acids is 1. The van der Waals surface area contributed by atoms with E-state index in [1.54, 1.807) is 0 Å². The van der Waals surface area contributed by atoms with Gasteiger partial charge in [-0.3, -0.25) is 9.78 Å². The fourth-order valence-corrected chi connectivity index (χ4v) is 2.32. The van der Waals surface area contributed by atoms with Crippen molar-refractivity contribution in [3.63, 3.8) is 0 Å². The van der Waals surface area contributed by atoms with Gasteiger partial charge in [0.1, 0.15) is 11.6 Å². The zero-order chi connectivity index (χ0) is 18.0. The minimum absolute atomic E-state index is 0.00417. The number of aromatic nitrogens is 2. The van der Waals surface area contributed by atoms with Crippen LogP contribution in [-0.2, 0) is 0 Å². The quantitative estimate of drug-likeness (QED) is 0.614. The van der Waals surface area contributed by atoms with Gasteiger partial charge in [-0.1, -0.05) is 0 Å². The van der Waals surface area contributed by atoms with E-state index in [-0.39, 0.29) is 18.7 Å². The number of aliphatic hydroxyl groups excluding tert-OH is 1. The summed E-state index contributed by atoms with van der Waals surface area (Å²) in [5.74, 6) is -3.70. The zero-order valence-corrected chi connectivity index (χ0v) is 12.8. The lowest BCUT2D eigenvalue weighted by Crippen LogP contribution is -2.09. The number of anilines is 1. The fourth-order valence-electron chi connectivity index (χ4n) is 2.32. The number of fused-ring (bicyclic) bond motifs is 1. The maximum absolute atomic E-state index is 13.9. The Morgan fingerprint density at radius 1 is 1.16 bits per heavy atom. The second-order valence-corrected chi connectivity index (χ2v) is 5.19. The molecule has 0 radical (unpaired) electrons. The molecule has 0 saturated heterocycles. The molecule has 0 aliphatic rings. The Kier molecular flexibility index (Phi) is 4.53. The van der Waals surface area contributed by atoms with Crippen molar-refractivity contribution in [1.82, 2.24) is 9.97 Å².